The molecule has 2 heterocycles. The topological polar surface area (TPSA) is 41.6 Å². The van der Waals surface area contributed by atoms with Crippen LogP contribution in [0.3, 0.4) is 0 Å². The Hall–Kier alpha value is -1.73. The number of nitriles is 1. The zero-order chi connectivity index (χ0) is 11.0. The molecule has 16 heavy (non-hydrogen) atoms. The van der Waals surface area contributed by atoms with E-state index in [2.05, 4.69) is 11.2 Å². The van der Waals surface area contributed by atoms with Crippen molar-refractivity contribution in [1.82, 2.24) is 9.78 Å². The van der Waals surface area contributed by atoms with Crippen LogP contribution in [0.15, 0.2) is 30.5 Å². The van der Waals surface area contributed by atoms with Crippen LogP contribution in [0.4, 0.5) is 0 Å². The first-order valence-electron chi connectivity index (χ1n) is 5.02. The van der Waals surface area contributed by atoms with Crippen molar-refractivity contribution in [3.8, 4) is 11.8 Å². The molecule has 0 fully saturated rings. The smallest absolute Gasteiger partial charge is 0.0991 e. The molecule has 0 saturated heterocycles. The van der Waals surface area contributed by atoms with Gasteiger partial charge in [-0.25, -0.2) is 4.68 Å². The van der Waals surface area contributed by atoms with Gasteiger partial charge in [0.25, 0.3) is 0 Å². The molecule has 0 amide bonds. The van der Waals surface area contributed by atoms with Crippen molar-refractivity contribution in [3.63, 3.8) is 0 Å². The van der Waals surface area contributed by atoms with Gasteiger partial charge in [-0.05, 0) is 24.3 Å². The number of thioether (sulfide) groups is 1. The third kappa shape index (κ3) is 1.41. The number of fused-ring (bicyclic) bond motifs is 1. The quantitative estimate of drug-likeness (QED) is 0.751. The Morgan fingerprint density at radius 1 is 1.25 bits per heavy atom. The van der Waals surface area contributed by atoms with Gasteiger partial charge in [-0.2, -0.15) is 22.1 Å². The van der Waals surface area contributed by atoms with Gasteiger partial charge in [0.15, 0.2) is 0 Å². The highest BCUT2D eigenvalue weighted by Crippen LogP contribution is 2.30. The number of rotatable bonds is 1. The third-order valence-electron chi connectivity index (χ3n) is 2.69. The van der Waals surface area contributed by atoms with Crippen molar-refractivity contribution < 1.29 is 0 Å². The van der Waals surface area contributed by atoms with Crippen molar-refractivity contribution in [2.75, 3.05) is 0 Å². The van der Waals surface area contributed by atoms with Crippen LogP contribution in [-0.2, 0) is 11.5 Å². The molecule has 0 atom stereocenters. The predicted molar refractivity (Wildman–Crippen MR) is 63.3 cm³/mol. The molecule has 1 aliphatic rings. The molecule has 1 aromatic heterocycles. The van der Waals surface area contributed by atoms with E-state index in [0.717, 1.165) is 17.2 Å². The summed E-state index contributed by atoms with van der Waals surface area (Å²) >= 11 is 1.91. The molecule has 1 aliphatic heterocycles. The van der Waals surface area contributed by atoms with E-state index < -0.39 is 0 Å². The molecule has 1 aromatic carbocycles. The van der Waals surface area contributed by atoms with Gasteiger partial charge in [0.1, 0.15) is 0 Å². The Balaban J connectivity index is 2.06. The van der Waals surface area contributed by atoms with Gasteiger partial charge in [-0.1, -0.05) is 0 Å². The molecule has 0 aliphatic carbocycles. The number of hydrogen-bond donors (Lipinski definition) is 0. The molecule has 0 N–H and O–H groups in total. The summed E-state index contributed by atoms with van der Waals surface area (Å²) in [5.74, 6) is 2.08. The van der Waals surface area contributed by atoms with E-state index in [1.807, 2.05) is 46.9 Å². The standard InChI is InChI=1S/C12H9N3S/c13-5-9-1-3-11(4-2-9)15-12-8-16-7-10(12)6-14-15/h1-4,6H,7-8H2. The van der Waals surface area contributed by atoms with Gasteiger partial charge in [-0.15, -0.1) is 0 Å². The lowest BCUT2D eigenvalue weighted by molar-refractivity contribution is 0.842. The van der Waals surface area contributed by atoms with Crippen LogP contribution in [-0.4, -0.2) is 9.78 Å². The molecular formula is C12H9N3S. The highest BCUT2D eigenvalue weighted by molar-refractivity contribution is 7.98. The molecule has 4 heteroatoms. The molecule has 0 radical (unpaired) electrons. The second kappa shape index (κ2) is 3.69. The lowest BCUT2D eigenvalue weighted by Crippen LogP contribution is -2.00. The van der Waals surface area contributed by atoms with Crippen LogP contribution in [0.1, 0.15) is 16.8 Å². The Bertz CT molecular complexity index is 563. The zero-order valence-corrected chi connectivity index (χ0v) is 9.37. The minimum Gasteiger partial charge on any atom is -0.237 e. The second-order valence-corrected chi connectivity index (χ2v) is 4.67. The summed E-state index contributed by atoms with van der Waals surface area (Å²) < 4.78 is 1.97. The average molecular weight is 227 g/mol. The van der Waals surface area contributed by atoms with E-state index in [1.54, 1.807) is 0 Å². The van der Waals surface area contributed by atoms with Crippen molar-refractivity contribution in [3.05, 3.63) is 47.3 Å². The van der Waals surface area contributed by atoms with Crippen LogP contribution >= 0.6 is 11.8 Å². The fraction of sp³-hybridized carbons (Fsp3) is 0.167. The lowest BCUT2D eigenvalue weighted by Gasteiger charge is -2.04. The highest BCUT2D eigenvalue weighted by atomic mass is 32.2. The van der Waals surface area contributed by atoms with E-state index in [9.17, 15) is 0 Å². The number of nitrogens with zero attached hydrogens (tertiary/aromatic N) is 3. The van der Waals surface area contributed by atoms with Crippen LogP contribution in [0.5, 0.6) is 0 Å². The molecule has 0 unspecified atom stereocenters. The highest BCUT2D eigenvalue weighted by Gasteiger charge is 2.17. The van der Waals surface area contributed by atoms with Crippen LogP contribution in [0.25, 0.3) is 5.69 Å². The number of benzene rings is 1. The number of hydrogen-bond acceptors (Lipinski definition) is 3. The van der Waals surface area contributed by atoms with Crippen LogP contribution < -0.4 is 0 Å². The van der Waals surface area contributed by atoms with Gasteiger partial charge >= 0.3 is 0 Å². The summed E-state index contributed by atoms with van der Waals surface area (Å²) in [4.78, 5) is 0. The average Bonchev–Trinajstić information content (AvgIpc) is 2.91. The first kappa shape index (κ1) is 9.49. The van der Waals surface area contributed by atoms with E-state index in [4.69, 9.17) is 5.26 Å². The molecule has 3 rings (SSSR count). The molecule has 78 valence electrons. The van der Waals surface area contributed by atoms with E-state index >= 15 is 0 Å². The maximum Gasteiger partial charge on any atom is 0.0991 e. The van der Waals surface area contributed by atoms with Crippen molar-refractivity contribution in [2.45, 2.75) is 11.5 Å². The maximum atomic E-state index is 8.74. The first-order chi connectivity index (χ1) is 7.88. The fourth-order valence-corrected chi connectivity index (χ4v) is 2.90. The minimum atomic E-state index is 0.682. The molecule has 0 spiro atoms. The van der Waals surface area contributed by atoms with Gasteiger partial charge in [-0.3, -0.25) is 0 Å². The van der Waals surface area contributed by atoms with Crippen LogP contribution in [0, 0.1) is 11.3 Å². The first-order valence-corrected chi connectivity index (χ1v) is 6.18. The Morgan fingerprint density at radius 2 is 2.06 bits per heavy atom. The summed E-state index contributed by atoms with van der Waals surface area (Å²) in [5, 5.41) is 13.1. The zero-order valence-electron chi connectivity index (χ0n) is 8.55. The largest absolute Gasteiger partial charge is 0.237 e. The predicted octanol–water partition coefficient (Wildman–Crippen LogP) is 2.49. The van der Waals surface area contributed by atoms with Crippen LogP contribution in [0.2, 0.25) is 0 Å². The normalized spacial score (nSPS) is 13.4. The van der Waals surface area contributed by atoms with Crippen molar-refractivity contribution in [1.29, 1.82) is 5.26 Å². The Labute approximate surface area is 97.7 Å². The van der Waals surface area contributed by atoms with Gasteiger partial charge in [0.2, 0.25) is 0 Å². The van der Waals surface area contributed by atoms with Crippen molar-refractivity contribution in [2.24, 2.45) is 0 Å². The van der Waals surface area contributed by atoms with E-state index in [0.29, 0.717) is 5.56 Å². The van der Waals surface area contributed by atoms with E-state index in [1.165, 1.54) is 11.3 Å². The molecule has 3 nitrogen and oxygen atoms in total. The summed E-state index contributed by atoms with van der Waals surface area (Å²) in [6, 6.07) is 9.65. The lowest BCUT2D eigenvalue weighted by atomic mass is 10.2. The molecule has 0 bridgehead atoms. The summed E-state index contributed by atoms with van der Waals surface area (Å²) in [6.45, 7) is 0. The molecule has 2 aromatic rings. The maximum absolute atomic E-state index is 8.74. The summed E-state index contributed by atoms with van der Waals surface area (Å²) in [6.07, 6.45) is 1.94. The molecule has 0 saturated carbocycles. The van der Waals surface area contributed by atoms with E-state index in [-0.39, 0.29) is 0 Å². The molecular weight excluding hydrogens is 218 g/mol. The SMILES string of the molecule is N#Cc1ccc(-n2ncc3c2CSC3)cc1. The second-order valence-electron chi connectivity index (χ2n) is 3.68. The van der Waals surface area contributed by atoms with Gasteiger partial charge in [0.05, 0.1) is 29.2 Å². The Kier molecular flexibility index (Phi) is 2.19. The van der Waals surface area contributed by atoms with Gasteiger partial charge < -0.3 is 0 Å². The third-order valence-corrected chi connectivity index (χ3v) is 3.69. The van der Waals surface area contributed by atoms with Gasteiger partial charge in [0, 0.05) is 17.1 Å². The fourth-order valence-electron chi connectivity index (χ4n) is 1.84. The number of aromatic nitrogens is 2. The summed E-state index contributed by atoms with van der Waals surface area (Å²) in [7, 11) is 0. The minimum absolute atomic E-state index is 0.682. The van der Waals surface area contributed by atoms with Crippen molar-refractivity contribution >= 4 is 11.8 Å². The monoisotopic (exact) mass is 227 g/mol. The summed E-state index contributed by atoms with van der Waals surface area (Å²) in [5.41, 5.74) is 4.33. The Morgan fingerprint density at radius 3 is 2.81 bits per heavy atom.